The topological polar surface area (TPSA) is 124 Å². The van der Waals surface area contributed by atoms with Crippen molar-refractivity contribution in [3.05, 3.63) is 79.3 Å². The number of anilines is 2. The number of hydrogen-bond donors (Lipinski definition) is 2. The summed E-state index contributed by atoms with van der Waals surface area (Å²) in [6, 6.07) is 17.8. The smallest absolute Gasteiger partial charge is 0.243 e. The predicted molar refractivity (Wildman–Crippen MR) is 141 cm³/mol. The first-order valence-electron chi connectivity index (χ1n) is 11.9. The summed E-state index contributed by atoms with van der Waals surface area (Å²) in [5.41, 5.74) is 2.85. The van der Waals surface area contributed by atoms with Crippen molar-refractivity contribution in [2.45, 2.75) is 4.90 Å². The number of aliphatic hydroxyl groups excluding tert-OH is 1. The maximum atomic E-state index is 13.1. The number of sulfonamides is 1. The Morgan fingerprint density at radius 3 is 2.38 bits per heavy atom. The summed E-state index contributed by atoms with van der Waals surface area (Å²) < 4.78 is 27.8. The van der Waals surface area contributed by atoms with Crippen molar-refractivity contribution in [2.24, 2.45) is 0 Å². The maximum absolute atomic E-state index is 13.1. The Bertz CT molecular complexity index is 1370. The Kier molecular flexibility index (Phi) is 7.47. The molecule has 3 aromatic heterocycles. The lowest BCUT2D eigenvalue weighted by atomic mass is 10.2. The van der Waals surface area contributed by atoms with Crippen molar-refractivity contribution < 1.29 is 13.5 Å². The van der Waals surface area contributed by atoms with Gasteiger partial charge in [0, 0.05) is 68.6 Å². The number of piperazine rings is 1. The molecule has 0 spiro atoms. The number of nitrogens with one attached hydrogen (secondary N) is 1. The second-order valence-corrected chi connectivity index (χ2v) is 10.5. The molecule has 1 aliphatic heterocycles. The van der Waals surface area contributed by atoms with Gasteiger partial charge in [0.1, 0.15) is 11.5 Å². The highest BCUT2D eigenvalue weighted by atomic mass is 32.2. The number of aromatic nitrogens is 4. The van der Waals surface area contributed by atoms with E-state index < -0.39 is 10.0 Å². The van der Waals surface area contributed by atoms with E-state index in [1.54, 1.807) is 42.9 Å². The number of aliphatic hydroxyl groups is 1. The van der Waals surface area contributed by atoms with Crippen LogP contribution >= 0.6 is 0 Å². The van der Waals surface area contributed by atoms with Gasteiger partial charge >= 0.3 is 0 Å². The van der Waals surface area contributed by atoms with Gasteiger partial charge in [-0.3, -0.25) is 14.9 Å². The summed E-state index contributed by atoms with van der Waals surface area (Å²) in [7, 11) is -3.60. The number of rotatable bonds is 8. The lowest BCUT2D eigenvalue weighted by molar-refractivity contribution is 0.151. The van der Waals surface area contributed by atoms with Crippen molar-refractivity contribution in [2.75, 3.05) is 44.6 Å². The van der Waals surface area contributed by atoms with Gasteiger partial charge in [-0.05, 0) is 48.5 Å². The maximum Gasteiger partial charge on any atom is 0.243 e. The van der Waals surface area contributed by atoms with Gasteiger partial charge in [-0.1, -0.05) is 6.07 Å². The first-order valence-corrected chi connectivity index (χ1v) is 13.4. The highest BCUT2D eigenvalue weighted by molar-refractivity contribution is 7.89. The molecule has 0 unspecified atom stereocenters. The molecular weight excluding hydrogens is 490 g/mol. The van der Waals surface area contributed by atoms with Crippen LogP contribution in [-0.2, 0) is 10.0 Å². The Hall–Kier alpha value is -3.77. The number of β-amino-alcohol motifs (C(OH)–C–C–N with tert-alkyl or cyclic N) is 1. The standard InChI is InChI=1S/C26H27N7O3S/c34-17-16-32-12-14-33(15-13-32)37(35,36)22-8-6-21(7-9-22)29-25-18-24(20-4-3-10-27-19-20)30-26(31-25)23-5-1-2-11-28-23/h1-11,18-19,34H,12-17H2,(H,29,30,31). The zero-order valence-electron chi connectivity index (χ0n) is 20.1. The summed E-state index contributed by atoms with van der Waals surface area (Å²) >= 11 is 0. The first-order chi connectivity index (χ1) is 18.0. The van der Waals surface area contributed by atoms with E-state index in [0.29, 0.717) is 61.4 Å². The Morgan fingerprint density at radius 2 is 1.70 bits per heavy atom. The SMILES string of the molecule is O=S(=O)(c1ccc(Nc2cc(-c3cccnc3)nc(-c3ccccn3)n2)cc1)N1CCN(CCO)CC1. The van der Waals surface area contributed by atoms with Crippen molar-refractivity contribution in [3.8, 4) is 22.8 Å². The van der Waals surface area contributed by atoms with Gasteiger partial charge in [0.2, 0.25) is 10.0 Å². The predicted octanol–water partition coefficient (Wildman–Crippen LogP) is 2.64. The summed E-state index contributed by atoms with van der Waals surface area (Å²) in [4.78, 5) is 20.2. The quantitative estimate of drug-likeness (QED) is 0.363. The van der Waals surface area contributed by atoms with E-state index in [2.05, 4.69) is 30.2 Å². The van der Waals surface area contributed by atoms with Gasteiger partial charge in [0.15, 0.2) is 5.82 Å². The van der Waals surface area contributed by atoms with Crippen molar-refractivity contribution in [1.29, 1.82) is 0 Å². The molecule has 0 aliphatic carbocycles. The monoisotopic (exact) mass is 517 g/mol. The van der Waals surface area contributed by atoms with Crippen LogP contribution in [0.3, 0.4) is 0 Å². The van der Waals surface area contributed by atoms with Crippen molar-refractivity contribution >= 4 is 21.5 Å². The molecule has 0 radical (unpaired) electrons. The van der Waals surface area contributed by atoms with Gasteiger partial charge in [-0.2, -0.15) is 4.31 Å². The number of hydrogen-bond acceptors (Lipinski definition) is 9. The third-order valence-electron chi connectivity index (χ3n) is 6.09. The van der Waals surface area contributed by atoms with Crippen LogP contribution in [0.2, 0.25) is 0 Å². The molecule has 2 N–H and O–H groups in total. The van der Waals surface area contributed by atoms with E-state index in [-0.39, 0.29) is 11.5 Å². The molecule has 4 aromatic rings. The fourth-order valence-corrected chi connectivity index (χ4v) is 5.55. The number of pyridine rings is 2. The lowest BCUT2D eigenvalue weighted by Gasteiger charge is -2.33. The van der Waals surface area contributed by atoms with Crippen LogP contribution in [0.1, 0.15) is 0 Å². The van der Waals surface area contributed by atoms with Gasteiger partial charge in [0.05, 0.1) is 17.2 Å². The summed E-state index contributed by atoms with van der Waals surface area (Å²) in [6.45, 7) is 2.63. The van der Waals surface area contributed by atoms with E-state index >= 15 is 0 Å². The fourth-order valence-electron chi connectivity index (χ4n) is 4.13. The van der Waals surface area contributed by atoms with Crippen LogP contribution in [0, 0.1) is 0 Å². The largest absolute Gasteiger partial charge is 0.395 e. The Labute approximate surface area is 215 Å². The molecule has 1 aliphatic rings. The van der Waals surface area contributed by atoms with Crippen LogP contribution in [-0.4, -0.2) is 82.0 Å². The molecule has 0 bridgehead atoms. The Morgan fingerprint density at radius 1 is 0.892 bits per heavy atom. The third-order valence-corrected chi connectivity index (χ3v) is 8.00. The van der Waals surface area contributed by atoms with Gasteiger partial charge < -0.3 is 10.4 Å². The van der Waals surface area contributed by atoms with Crippen LogP contribution in [0.25, 0.3) is 22.8 Å². The second-order valence-electron chi connectivity index (χ2n) is 8.54. The lowest BCUT2D eigenvalue weighted by Crippen LogP contribution is -2.49. The number of benzene rings is 1. The zero-order chi connectivity index (χ0) is 25.7. The average Bonchev–Trinajstić information content (AvgIpc) is 2.95. The third kappa shape index (κ3) is 5.81. The molecule has 0 atom stereocenters. The first kappa shape index (κ1) is 24.9. The van der Waals surface area contributed by atoms with Crippen LogP contribution in [0.5, 0.6) is 0 Å². The molecule has 37 heavy (non-hydrogen) atoms. The van der Waals surface area contributed by atoms with E-state index in [4.69, 9.17) is 5.11 Å². The second kappa shape index (κ2) is 11.1. The highest BCUT2D eigenvalue weighted by Gasteiger charge is 2.28. The molecule has 10 nitrogen and oxygen atoms in total. The van der Waals surface area contributed by atoms with E-state index in [1.807, 2.05) is 36.4 Å². The minimum atomic E-state index is -3.60. The van der Waals surface area contributed by atoms with Crippen molar-refractivity contribution in [1.82, 2.24) is 29.1 Å². The molecule has 0 amide bonds. The Balaban J connectivity index is 1.37. The van der Waals surface area contributed by atoms with E-state index in [9.17, 15) is 8.42 Å². The fraction of sp³-hybridized carbons (Fsp3) is 0.231. The minimum absolute atomic E-state index is 0.0701. The summed E-state index contributed by atoms with van der Waals surface area (Å²) in [6.07, 6.45) is 5.12. The molecule has 1 aromatic carbocycles. The normalized spacial score (nSPS) is 14.9. The zero-order valence-corrected chi connectivity index (χ0v) is 20.9. The molecule has 0 saturated carbocycles. The van der Waals surface area contributed by atoms with Crippen molar-refractivity contribution in [3.63, 3.8) is 0 Å². The number of nitrogens with zero attached hydrogens (tertiary/aromatic N) is 6. The molecule has 1 saturated heterocycles. The van der Waals surface area contributed by atoms with E-state index in [0.717, 1.165) is 5.56 Å². The van der Waals surface area contributed by atoms with Gasteiger partial charge in [0.25, 0.3) is 0 Å². The summed E-state index contributed by atoms with van der Waals surface area (Å²) in [5, 5.41) is 12.4. The van der Waals surface area contributed by atoms with Crippen LogP contribution < -0.4 is 5.32 Å². The minimum Gasteiger partial charge on any atom is -0.395 e. The van der Waals surface area contributed by atoms with Crippen LogP contribution in [0.4, 0.5) is 11.5 Å². The molecule has 4 heterocycles. The van der Waals surface area contributed by atoms with E-state index in [1.165, 1.54) is 4.31 Å². The molecule has 1 fully saturated rings. The molecule has 11 heteroatoms. The highest BCUT2D eigenvalue weighted by Crippen LogP contribution is 2.26. The average molecular weight is 518 g/mol. The summed E-state index contributed by atoms with van der Waals surface area (Å²) in [5.74, 6) is 1.01. The van der Waals surface area contributed by atoms with Gasteiger partial charge in [-0.25, -0.2) is 18.4 Å². The van der Waals surface area contributed by atoms with Gasteiger partial charge in [-0.15, -0.1) is 0 Å². The molecular formula is C26H27N7O3S. The molecule has 5 rings (SSSR count). The van der Waals surface area contributed by atoms with Crippen LogP contribution in [0.15, 0.2) is 84.1 Å². The molecule has 190 valence electrons.